The van der Waals surface area contributed by atoms with Crippen LogP contribution in [0.5, 0.6) is 11.5 Å². The minimum absolute atomic E-state index is 0.00867. The Morgan fingerprint density at radius 3 is 2.30 bits per heavy atom. The molecule has 3 rings (SSSR count). The van der Waals surface area contributed by atoms with Crippen LogP contribution >= 0.6 is 11.6 Å². The quantitative estimate of drug-likeness (QED) is 0.395. The molecule has 2 aromatic carbocycles. The van der Waals surface area contributed by atoms with Crippen LogP contribution in [-0.2, 0) is 11.0 Å². The molecular formula is C22H15ClF3N3O4. The lowest BCUT2D eigenvalue weighted by Crippen LogP contribution is -2.23. The van der Waals surface area contributed by atoms with E-state index in [4.69, 9.17) is 16.3 Å². The molecule has 0 fully saturated rings. The molecule has 170 valence electrons. The zero-order chi connectivity index (χ0) is 24.2. The van der Waals surface area contributed by atoms with E-state index in [9.17, 15) is 27.6 Å². The number of ether oxygens (including phenoxy) is 1. The highest BCUT2D eigenvalue weighted by Gasteiger charge is 2.33. The van der Waals surface area contributed by atoms with Crippen LogP contribution in [0, 0.1) is 0 Å². The highest BCUT2D eigenvalue weighted by Crippen LogP contribution is 2.36. The summed E-state index contributed by atoms with van der Waals surface area (Å²) in [5, 5.41) is 4.04. The van der Waals surface area contributed by atoms with E-state index in [1.807, 2.05) is 0 Å². The van der Waals surface area contributed by atoms with Crippen molar-refractivity contribution in [1.29, 1.82) is 0 Å². The fraction of sp³-hybridized carbons (Fsp3) is 0.0909. The van der Waals surface area contributed by atoms with Gasteiger partial charge < -0.3 is 15.4 Å². The second-order valence-corrected chi connectivity index (χ2v) is 6.97. The minimum Gasteiger partial charge on any atom is -0.457 e. The van der Waals surface area contributed by atoms with Crippen molar-refractivity contribution in [3.05, 3.63) is 82.6 Å². The number of carbonyl (C=O) groups is 3. The number of amides is 2. The normalized spacial score (nSPS) is 10.9. The van der Waals surface area contributed by atoms with E-state index in [-0.39, 0.29) is 16.9 Å². The third-order valence-corrected chi connectivity index (χ3v) is 4.61. The number of Topliss-reactive ketones (excluding diaryl/α,β-unsaturated/α-hetero) is 1. The minimum atomic E-state index is -4.71. The number of ketones is 1. The Morgan fingerprint density at radius 1 is 0.970 bits per heavy atom. The van der Waals surface area contributed by atoms with E-state index >= 15 is 0 Å². The van der Waals surface area contributed by atoms with Gasteiger partial charge in [-0.2, -0.15) is 13.2 Å². The number of nitrogens with one attached hydrogen (secondary N) is 2. The molecule has 33 heavy (non-hydrogen) atoms. The van der Waals surface area contributed by atoms with E-state index in [0.29, 0.717) is 17.6 Å². The Morgan fingerprint density at radius 2 is 1.67 bits per heavy atom. The van der Waals surface area contributed by atoms with Gasteiger partial charge in [0.15, 0.2) is 0 Å². The van der Waals surface area contributed by atoms with Crippen LogP contribution in [0.1, 0.15) is 26.4 Å². The van der Waals surface area contributed by atoms with Gasteiger partial charge in [0.05, 0.1) is 10.6 Å². The molecule has 0 saturated heterocycles. The highest BCUT2D eigenvalue weighted by atomic mass is 35.5. The third-order valence-electron chi connectivity index (χ3n) is 4.28. The number of rotatable bonds is 6. The van der Waals surface area contributed by atoms with Crippen molar-refractivity contribution in [3.63, 3.8) is 0 Å². The summed E-state index contributed by atoms with van der Waals surface area (Å²) in [6, 6.07) is 11.2. The lowest BCUT2D eigenvalue weighted by Gasteiger charge is -2.11. The Balaban J connectivity index is 1.69. The van der Waals surface area contributed by atoms with Gasteiger partial charge in [-0.3, -0.25) is 19.4 Å². The van der Waals surface area contributed by atoms with Crippen molar-refractivity contribution in [2.24, 2.45) is 0 Å². The highest BCUT2D eigenvalue weighted by molar-refractivity contribution is 6.46. The lowest BCUT2D eigenvalue weighted by molar-refractivity contribution is -0.137. The molecule has 0 bridgehead atoms. The van der Waals surface area contributed by atoms with Crippen molar-refractivity contribution in [2.45, 2.75) is 6.18 Å². The molecule has 0 aliphatic carbocycles. The molecule has 2 amide bonds. The Hall–Kier alpha value is -3.92. The number of carbonyl (C=O) groups excluding carboxylic acids is 3. The molecule has 1 aromatic heterocycles. The number of hydrogen-bond donors (Lipinski definition) is 2. The van der Waals surface area contributed by atoms with Crippen LogP contribution in [0.15, 0.2) is 60.8 Å². The van der Waals surface area contributed by atoms with E-state index in [1.54, 1.807) is 0 Å². The van der Waals surface area contributed by atoms with Gasteiger partial charge in [0, 0.05) is 30.6 Å². The first-order chi connectivity index (χ1) is 15.6. The molecule has 1 heterocycles. The van der Waals surface area contributed by atoms with Gasteiger partial charge in [-0.15, -0.1) is 0 Å². The van der Waals surface area contributed by atoms with E-state index in [0.717, 1.165) is 12.1 Å². The van der Waals surface area contributed by atoms with Crippen LogP contribution in [0.2, 0.25) is 5.02 Å². The number of nitrogens with zero attached hydrogens (tertiary/aromatic N) is 1. The second-order valence-electron chi connectivity index (χ2n) is 6.56. The summed E-state index contributed by atoms with van der Waals surface area (Å²) in [6.45, 7) is 0. The van der Waals surface area contributed by atoms with Crippen LogP contribution in [0.25, 0.3) is 0 Å². The Bertz CT molecular complexity index is 1210. The van der Waals surface area contributed by atoms with Crippen LogP contribution in [0.4, 0.5) is 18.9 Å². The molecule has 0 aliphatic heterocycles. The summed E-state index contributed by atoms with van der Waals surface area (Å²) in [5.74, 6) is -1.84. The van der Waals surface area contributed by atoms with Crippen molar-refractivity contribution in [1.82, 2.24) is 10.3 Å². The summed E-state index contributed by atoms with van der Waals surface area (Å²) in [7, 11) is 1.46. The first-order valence-corrected chi connectivity index (χ1v) is 9.65. The molecular weight excluding hydrogens is 463 g/mol. The van der Waals surface area contributed by atoms with E-state index in [2.05, 4.69) is 15.6 Å². The Labute approximate surface area is 190 Å². The molecule has 0 unspecified atom stereocenters. The molecule has 11 heteroatoms. The second kappa shape index (κ2) is 9.70. The molecule has 0 saturated carbocycles. The number of hydrogen-bond acceptors (Lipinski definition) is 5. The SMILES string of the molecule is CNC(=O)c1cc(Oc2ccc(C(=O)C(=O)Nc3ccc(Cl)c(C(F)(F)F)c3)cc2)ccn1. The number of alkyl halides is 3. The zero-order valence-corrected chi connectivity index (χ0v) is 17.6. The summed E-state index contributed by atoms with van der Waals surface area (Å²) < 4.78 is 44.5. The predicted octanol–water partition coefficient (Wildman–Crippen LogP) is 4.73. The first-order valence-electron chi connectivity index (χ1n) is 9.27. The molecule has 7 nitrogen and oxygen atoms in total. The summed E-state index contributed by atoms with van der Waals surface area (Å²) in [5.41, 5.74) is -1.22. The molecule has 0 radical (unpaired) electrons. The summed E-state index contributed by atoms with van der Waals surface area (Å²) >= 11 is 5.55. The van der Waals surface area contributed by atoms with Gasteiger partial charge in [0.25, 0.3) is 17.6 Å². The fourth-order valence-electron chi connectivity index (χ4n) is 2.68. The maximum absolute atomic E-state index is 13.0. The fourth-order valence-corrected chi connectivity index (χ4v) is 2.90. The number of aromatic nitrogens is 1. The van der Waals surface area contributed by atoms with Crippen molar-refractivity contribution >= 4 is 34.9 Å². The van der Waals surface area contributed by atoms with Gasteiger partial charge in [0.2, 0.25) is 0 Å². The van der Waals surface area contributed by atoms with Crippen LogP contribution in [-0.4, -0.2) is 29.6 Å². The van der Waals surface area contributed by atoms with Gasteiger partial charge in [-0.05, 0) is 48.5 Å². The maximum atomic E-state index is 13.0. The number of benzene rings is 2. The standard InChI is InChI=1S/C22H15ClF3N3O4/c1-27-20(31)18-11-15(8-9-28-18)33-14-5-2-12(3-6-14)19(30)21(32)29-13-4-7-17(23)16(10-13)22(24,25)26/h2-11H,1H3,(H,27,31)(H,29,32). The van der Waals surface area contributed by atoms with E-state index in [1.165, 1.54) is 49.6 Å². The van der Waals surface area contributed by atoms with E-state index < -0.39 is 34.4 Å². The van der Waals surface area contributed by atoms with Crippen molar-refractivity contribution in [3.8, 4) is 11.5 Å². The average Bonchev–Trinajstić information content (AvgIpc) is 2.79. The predicted molar refractivity (Wildman–Crippen MR) is 114 cm³/mol. The number of pyridine rings is 1. The van der Waals surface area contributed by atoms with Crippen molar-refractivity contribution in [2.75, 3.05) is 12.4 Å². The smallest absolute Gasteiger partial charge is 0.417 e. The monoisotopic (exact) mass is 477 g/mol. The average molecular weight is 478 g/mol. The van der Waals surface area contributed by atoms with Gasteiger partial charge in [-0.1, -0.05) is 11.6 Å². The third kappa shape index (κ3) is 5.86. The van der Waals surface area contributed by atoms with Crippen molar-refractivity contribution < 1.29 is 32.3 Å². The largest absolute Gasteiger partial charge is 0.457 e. The van der Waals surface area contributed by atoms with Gasteiger partial charge >= 0.3 is 6.18 Å². The van der Waals surface area contributed by atoms with Gasteiger partial charge in [0.1, 0.15) is 17.2 Å². The zero-order valence-electron chi connectivity index (χ0n) is 16.9. The number of anilines is 1. The van der Waals surface area contributed by atoms with Crippen LogP contribution in [0.3, 0.4) is 0 Å². The Kier molecular flexibility index (Phi) is 6.98. The lowest BCUT2D eigenvalue weighted by atomic mass is 10.1. The molecule has 0 aliphatic rings. The first kappa shape index (κ1) is 23.7. The summed E-state index contributed by atoms with van der Waals surface area (Å²) in [6.07, 6.45) is -3.32. The topological polar surface area (TPSA) is 97.4 Å². The summed E-state index contributed by atoms with van der Waals surface area (Å²) in [4.78, 5) is 40.1. The van der Waals surface area contributed by atoms with Gasteiger partial charge in [-0.25, -0.2) is 0 Å². The molecule has 2 N–H and O–H groups in total. The maximum Gasteiger partial charge on any atom is 0.417 e. The molecule has 3 aromatic rings. The van der Waals surface area contributed by atoms with Crippen LogP contribution < -0.4 is 15.4 Å². The molecule has 0 spiro atoms. The number of halogens is 4. The molecule has 0 atom stereocenters.